The molecule has 0 unspecified atom stereocenters. The summed E-state index contributed by atoms with van der Waals surface area (Å²) in [7, 11) is 0. The van der Waals surface area contributed by atoms with Gasteiger partial charge in [0.25, 0.3) is 5.91 Å². The van der Waals surface area contributed by atoms with Crippen LogP contribution in [-0.4, -0.2) is 15.9 Å². The lowest BCUT2D eigenvalue weighted by Gasteiger charge is -2.19. The number of pyridine rings is 1. The molecule has 0 spiro atoms. The molecule has 6 nitrogen and oxygen atoms in total. The molecule has 2 aromatic rings. The zero-order chi connectivity index (χ0) is 15.6. The Bertz CT molecular complexity index is 660. The maximum Gasteiger partial charge on any atom is 0.257 e. The van der Waals surface area contributed by atoms with E-state index in [1.807, 2.05) is 33.1 Å². The topological polar surface area (TPSA) is 92.9 Å². The summed E-state index contributed by atoms with van der Waals surface area (Å²) >= 11 is 1.39. The predicted octanol–water partition coefficient (Wildman–Crippen LogP) is 2.68. The number of aryl methyl sites for hydroxylation is 1. The van der Waals surface area contributed by atoms with E-state index >= 15 is 0 Å². The smallest absolute Gasteiger partial charge is 0.257 e. The number of carbonyl (C=O) groups is 1. The van der Waals surface area contributed by atoms with Crippen LogP contribution in [0.15, 0.2) is 17.5 Å². The van der Waals surface area contributed by atoms with Gasteiger partial charge in [0.15, 0.2) is 5.13 Å². The van der Waals surface area contributed by atoms with E-state index in [-0.39, 0.29) is 11.3 Å². The van der Waals surface area contributed by atoms with E-state index < -0.39 is 0 Å². The summed E-state index contributed by atoms with van der Waals surface area (Å²) in [6, 6.07) is 3.39. The lowest BCUT2D eigenvalue weighted by Crippen LogP contribution is -2.20. The maximum absolute atomic E-state index is 12.3. The van der Waals surface area contributed by atoms with Crippen LogP contribution in [0.5, 0.6) is 0 Å². The fourth-order valence-electron chi connectivity index (χ4n) is 1.70. The first kappa shape index (κ1) is 15.4. The fraction of sp³-hybridized carbons (Fsp3) is 0.357. The van der Waals surface area contributed by atoms with Crippen LogP contribution in [0.2, 0.25) is 0 Å². The lowest BCUT2D eigenvalue weighted by molar-refractivity contribution is 0.102. The number of nitrogen functional groups attached to an aromatic ring is 1. The van der Waals surface area contributed by atoms with Crippen LogP contribution in [0, 0.1) is 6.92 Å². The van der Waals surface area contributed by atoms with Gasteiger partial charge in [-0.15, -0.1) is 11.3 Å². The molecule has 0 fully saturated rings. The molecule has 4 N–H and O–H groups in total. The highest BCUT2D eigenvalue weighted by molar-refractivity contribution is 7.13. The number of nitrogens with zero attached hydrogens (tertiary/aromatic N) is 2. The monoisotopic (exact) mass is 305 g/mol. The van der Waals surface area contributed by atoms with Crippen LogP contribution in [0.4, 0.5) is 10.9 Å². The van der Waals surface area contributed by atoms with E-state index in [0.717, 1.165) is 11.4 Å². The summed E-state index contributed by atoms with van der Waals surface area (Å²) in [5, 5.41) is 5.24. The van der Waals surface area contributed by atoms with Gasteiger partial charge in [0.05, 0.1) is 5.69 Å². The van der Waals surface area contributed by atoms with E-state index in [2.05, 4.69) is 20.7 Å². The maximum atomic E-state index is 12.3. The molecule has 0 aliphatic rings. The van der Waals surface area contributed by atoms with E-state index in [1.54, 1.807) is 12.1 Å². The minimum absolute atomic E-state index is 0.181. The van der Waals surface area contributed by atoms with Gasteiger partial charge in [-0.3, -0.25) is 10.1 Å². The van der Waals surface area contributed by atoms with Crippen molar-refractivity contribution in [1.29, 1.82) is 0 Å². The Balaban J connectivity index is 2.31. The number of rotatable bonds is 3. The highest BCUT2D eigenvalue weighted by Crippen LogP contribution is 2.24. The van der Waals surface area contributed by atoms with Crippen molar-refractivity contribution in [2.24, 2.45) is 5.84 Å². The van der Waals surface area contributed by atoms with Crippen LogP contribution < -0.4 is 16.6 Å². The van der Waals surface area contributed by atoms with Crippen LogP contribution in [0.1, 0.15) is 42.5 Å². The first-order valence-corrected chi connectivity index (χ1v) is 7.40. The Morgan fingerprint density at radius 2 is 2.00 bits per heavy atom. The largest absolute Gasteiger partial charge is 0.308 e. The zero-order valence-electron chi connectivity index (χ0n) is 12.5. The number of amides is 1. The number of aromatic nitrogens is 2. The normalized spacial score (nSPS) is 11.3. The van der Waals surface area contributed by atoms with E-state index in [0.29, 0.717) is 16.5 Å². The number of hydrogen-bond acceptors (Lipinski definition) is 6. The summed E-state index contributed by atoms with van der Waals surface area (Å²) in [5.41, 5.74) is 4.48. The molecule has 112 valence electrons. The van der Waals surface area contributed by atoms with Crippen molar-refractivity contribution >= 4 is 28.2 Å². The van der Waals surface area contributed by atoms with Crippen molar-refractivity contribution in [3.8, 4) is 0 Å². The van der Waals surface area contributed by atoms with Crippen molar-refractivity contribution < 1.29 is 4.79 Å². The number of thiazole rings is 1. The number of carbonyl (C=O) groups excluding carboxylic acids is 1. The SMILES string of the molecule is Cc1csc(NC(=O)c2cc(NN)nc(C(C)(C)C)c2)n1. The van der Waals surface area contributed by atoms with Crippen molar-refractivity contribution in [2.45, 2.75) is 33.1 Å². The molecule has 0 saturated carbocycles. The van der Waals surface area contributed by atoms with Gasteiger partial charge in [-0.05, 0) is 19.1 Å². The van der Waals surface area contributed by atoms with E-state index in [9.17, 15) is 4.79 Å². The third kappa shape index (κ3) is 3.77. The van der Waals surface area contributed by atoms with Gasteiger partial charge in [0.2, 0.25) is 0 Å². The Labute approximate surface area is 127 Å². The van der Waals surface area contributed by atoms with Crippen molar-refractivity contribution in [2.75, 3.05) is 10.7 Å². The lowest BCUT2D eigenvalue weighted by atomic mass is 9.90. The van der Waals surface area contributed by atoms with E-state index in [4.69, 9.17) is 5.84 Å². The molecule has 2 aromatic heterocycles. The Morgan fingerprint density at radius 3 is 2.52 bits per heavy atom. The molecular weight excluding hydrogens is 286 g/mol. The average molecular weight is 305 g/mol. The summed E-state index contributed by atoms with van der Waals surface area (Å²) < 4.78 is 0. The molecular formula is C14H19N5OS. The van der Waals surface area contributed by atoms with Gasteiger partial charge in [0.1, 0.15) is 5.82 Å². The molecule has 0 atom stereocenters. The van der Waals surface area contributed by atoms with Gasteiger partial charge in [-0.1, -0.05) is 20.8 Å². The molecule has 21 heavy (non-hydrogen) atoms. The second kappa shape index (κ2) is 5.79. The molecule has 2 rings (SSSR count). The van der Waals surface area contributed by atoms with Crippen LogP contribution in [0.25, 0.3) is 0 Å². The second-order valence-corrected chi connectivity index (χ2v) is 6.63. The number of nitrogens with two attached hydrogens (primary N) is 1. The third-order valence-electron chi connectivity index (χ3n) is 2.84. The average Bonchev–Trinajstić information content (AvgIpc) is 2.82. The summed E-state index contributed by atoms with van der Waals surface area (Å²) in [6.07, 6.45) is 0. The van der Waals surface area contributed by atoms with Crippen LogP contribution in [-0.2, 0) is 5.41 Å². The highest BCUT2D eigenvalue weighted by Gasteiger charge is 2.19. The Kier molecular flexibility index (Phi) is 4.24. The molecule has 1 amide bonds. The van der Waals surface area contributed by atoms with Crippen LogP contribution in [0.3, 0.4) is 0 Å². The first-order chi connectivity index (χ1) is 9.79. The standard InChI is InChI=1S/C14H19N5OS/c1-8-7-21-13(16-8)18-12(20)9-5-10(14(2,3)4)17-11(6-9)19-15/h5-7H,15H2,1-4H3,(H,17,19)(H,16,18,20). The van der Waals surface area contributed by atoms with Crippen molar-refractivity contribution in [3.63, 3.8) is 0 Å². The quantitative estimate of drug-likeness (QED) is 0.599. The van der Waals surface area contributed by atoms with Gasteiger partial charge in [-0.25, -0.2) is 15.8 Å². The predicted molar refractivity (Wildman–Crippen MR) is 85.6 cm³/mol. The molecule has 2 heterocycles. The van der Waals surface area contributed by atoms with Crippen molar-refractivity contribution in [1.82, 2.24) is 9.97 Å². The number of hydrazine groups is 1. The van der Waals surface area contributed by atoms with E-state index in [1.165, 1.54) is 11.3 Å². The first-order valence-electron chi connectivity index (χ1n) is 6.52. The number of anilines is 2. The summed E-state index contributed by atoms with van der Waals surface area (Å²) in [4.78, 5) is 20.9. The highest BCUT2D eigenvalue weighted by atomic mass is 32.1. The number of hydrogen-bond donors (Lipinski definition) is 3. The molecule has 0 aromatic carbocycles. The van der Waals surface area contributed by atoms with Gasteiger partial charge < -0.3 is 5.43 Å². The minimum Gasteiger partial charge on any atom is -0.308 e. The van der Waals surface area contributed by atoms with Crippen molar-refractivity contribution in [3.05, 3.63) is 34.5 Å². The fourth-order valence-corrected chi connectivity index (χ4v) is 2.38. The van der Waals surface area contributed by atoms with Gasteiger partial charge in [-0.2, -0.15) is 0 Å². The summed E-state index contributed by atoms with van der Waals surface area (Å²) in [6.45, 7) is 7.97. The second-order valence-electron chi connectivity index (χ2n) is 5.77. The minimum atomic E-state index is -0.228. The Morgan fingerprint density at radius 1 is 1.29 bits per heavy atom. The molecule has 0 aliphatic carbocycles. The van der Waals surface area contributed by atoms with Crippen LogP contribution >= 0.6 is 11.3 Å². The molecule has 0 bridgehead atoms. The zero-order valence-corrected chi connectivity index (χ0v) is 13.3. The van der Waals surface area contributed by atoms with Gasteiger partial charge >= 0.3 is 0 Å². The Hall–Kier alpha value is -1.99. The molecule has 0 saturated heterocycles. The number of nitrogens with one attached hydrogen (secondary N) is 2. The molecule has 0 radical (unpaired) electrons. The molecule has 0 aliphatic heterocycles. The molecule has 7 heteroatoms. The summed E-state index contributed by atoms with van der Waals surface area (Å²) in [5.74, 6) is 5.67. The third-order valence-corrected chi connectivity index (χ3v) is 3.72. The van der Waals surface area contributed by atoms with Gasteiger partial charge in [0, 0.05) is 22.1 Å².